The van der Waals surface area contributed by atoms with Gasteiger partial charge in [0.05, 0.1) is 20.9 Å². The van der Waals surface area contributed by atoms with Crippen molar-refractivity contribution in [3.05, 3.63) is 82.8 Å². The van der Waals surface area contributed by atoms with E-state index in [4.69, 9.17) is 0 Å². The molecular formula is C23H22N4OS. The lowest BCUT2D eigenvalue weighted by Gasteiger charge is -2.33. The molecule has 0 aliphatic carbocycles. The summed E-state index contributed by atoms with van der Waals surface area (Å²) in [5, 5.41) is 4.42. The zero-order valence-corrected chi connectivity index (χ0v) is 17.1. The second-order valence-electron chi connectivity index (χ2n) is 7.30. The van der Waals surface area contributed by atoms with Crippen LogP contribution in [0.25, 0.3) is 15.8 Å². The zero-order chi connectivity index (χ0) is 19.8. The largest absolute Gasteiger partial charge is 0.368 e. The average Bonchev–Trinajstić information content (AvgIpc) is 3.11. The van der Waals surface area contributed by atoms with Crippen molar-refractivity contribution >= 4 is 33.0 Å². The predicted octanol–water partition coefficient (Wildman–Crippen LogP) is 3.59. The van der Waals surface area contributed by atoms with Gasteiger partial charge >= 0.3 is 0 Å². The highest BCUT2D eigenvalue weighted by atomic mass is 32.1. The second kappa shape index (κ2) is 7.46. The number of nitrogens with zero attached hydrogens (tertiary/aromatic N) is 3. The summed E-state index contributed by atoms with van der Waals surface area (Å²) in [6, 6.07) is 6.18. The molecule has 146 valence electrons. The number of benzene rings is 1. The molecule has 1 N–H and O–H groups in total. The Morgan fingerprint density at radius 3 is 2.79 bits per heavy atom. The Morgan fingerprint density at radius 1 is 1.10 bits per heavy atom. The van der Waals surface area contributed by atoms with Gasteiger partial charge in [-0.05, 0) is 48.4 Å². The van der Waals surface area contributed by atoms with Crippen LogP contribution in [0, 0.1) is 6.92 Å². The quantitative estimate of drug-likeness (QED) is 0.834. The van der Waals surface area contributed by atoms with Gasteiger partial charge in [-0.2, -0.15) is 0 Å². The number of hydrogen-bond donors (Lipinski definition) is 1. The number of thiazole rings is 1. The maximum Gasteiger partial charge on any atom is 0.255 e. The van der Waals surface area contributed by atoms with Gasteiger partial charge in [-0.25, -0.2) is 4.98 Å². The van der Waals surface area contributed by atoms with Crippen molar-refractivity contribution in [3.8, 4) is 0 Å². The first kappa shape index (κ1) is 18.1. The zero-order valence-electron chi connectivity index (χ0n) is 16.3. The standard InChI is InChI=1S/C23H22N4OS/c1-16-25-21-8-5-18(13-22(21)29-16)17-3-2-4-19-6-7-20(15-27(19)23(28)14-17)26-11-9-24-10-12-26/h2-8,13-15,24H,9-12H2,1H3/b3-2+,17-14+,19-4+. The molecular weight excluding hydrogens is 380 g/mol. The summed E-state index contributed by atoms with van der Waals surface area (Å²) in [5.74, 6) is -0.0341. The number of hydrogen-bond acceptors (Lipinski definition) is 5. The molecule has 1 amide bonds. The highest BCUT2D eigenvalue weighted by Gasteiger charge is 2.21. The molecule has 29 heavy (non-hydrogen) atoms. The number of amides is 1. The molecule has 6 heteroatoms. The minimum atomic E-state index is -0.0341. The number of fused-ring (bicyclic) bond motifs is 2. The van der Waals surface area contributed by atoms with E-state index in [-0.39, 0.29) is 5.91 Å². The average molecular weight is 403 g/mol. The van der Waals surface area contributed by atoms with E-state index >= 15 is 0 Å². The van der Waals surface area contributed by atoms with Gasteiger partial charge in [-0.1, -0.05) is 18.2 Å². The van der Waals surface area contributed by atoms with E-state index in [0.717, 1.165) is 63.9 Å². The third-order valence-corrected chi connectivity index (χ3v) is 6.27. The fraction of sp³-hybridized carbons (Fsp3) is 0.217. The van der Waals surface area contributed by atoms with Crippen LogP contribution in [0.1, 0.15) is 10.6 Å². The molecule has 3 aliphatic heterocycles. The van der Waals surface area contributed by atoms with E-state index in [0.29, 0.717) is 0 Å². The van der Waals surface area contributed by atoms with Gasteiger partial charge in [0.25, 0.3) is 5.91 Å². The number of carbonyl (C=O) groups is 1. The fourth-order valence-electron chi connectivity index (χ4n) is 3.84. The van der Waals surface area contributed by atoms with Crippen molar-refractivity contribution in [2.45, 2.75) is 6.92 Å². The van der Waals surface area contributed by atoms with E-state index in [1.165, 1.54) is 0 Å². The van der Waals surface area contributed by atoms with Crippen molar-refractivity contribution in [3.63, 3.8) is 0 Å². The summed E-state index contributed by atoms with van der Waals surface area (Å²) in [5.41, 5.74) is 4.91. The Bertz CT molecular complexity index is 1130. The first-order valence-electron chi connectivity index (χ1n) is 9.84. The van der Waals surface area contributed by atoms with Crippen molar-refractivity contribution in [1.82, 2.24) is 20.1 Å². The van der Waals surface area contributed by atoms with Gasteiger partial charge < -0.3 is 10.2 Å². The van der Waals surface area contributed by atoms with E-state index in [1.54, 1.807) is 22.3 Å². The van der Waals surface area contributed by atoms with Crippen LogP contribution in [-0.4, -0.2) is 46.9 Å². The van der Waals surface area contributed by atoms with Crippen LogP contribution in [0.3, 0.4) is 0 Å². The number of aryl methyl sites for hydroxylation is 1. The third-order valence-electron chi connectivity index (χ3n) is 5.33. The molecule has 0 saturated carbocycles. The number of aromatic nitrogens is 1. The van der Waals surface area contributed by atoms with Crippen molar-refractivity contribution in [1.29, 1.82) is 0 Å². The number of allylic oxidation sites excluding steroid dienone is 6. The summed E-state index contributed by atoms with van der Waals surface area (Å²) >= 11 is 1.68. The Kier molecular flexibility index (Phi) is 4.66. The van der Waals surface area contributed by atoms with Crippen LogP contribution in [0.2, 0.25) is 0 Å². The van der Waals surface area contributed by atoms with Crippen LogP contribution in [0.4, 0.5) is 0 Å². The highest BCUT2D eigenvalue weighted by Crippen LogP contribution is 2.28. The molecule has 1 aromatic carbocycles. The molecule has 5 nitrogen and oxygen atoms in total. The SMILES string of the molecule is Cc1nc2ccc(C3=C\C(=O)N4C=C(N5CCNCC5)C=C\C4=C/C=C/3)cc2s1. The van der Waals surface area contributed by atoms with E-state index in [1.807, 2.05) is 49.6 Å². The molecule has 1 saturated heterocycles. The summed E-state index contributed by atoms with van der Waals surface area (Å²) in [7, 11) is 0. The van der Waals surface area contributed by atoms with Gasteiger partial charge in [-0.3, -0.25) is 9.69 Å². The molecule has 0 bridgehead atoms. The van der Waals surface area contributed by atoms with Crippen molar-refractivity contribution < 1.29 is 4.79 Å². The lowest BCUT2D eigenvalue weighted by Crippen LogP contribution is -2.43. The Labute approximate surface area is 174 Å². The Balaban J connectivity index is 1.48. The number of piperazine rings is 1. The molecule has 0 atom stereocenters. The van der Waals surface area contributed by atoms with Crippen LogP contribution in [-0.2, 0) is 4.79 Å². The maximum absolute atomic E-state index is 13.1. The summed E-state index contributed by atoms with van der Waals surface area (Å²) < 4.78 is 1.14. The molecule has 1 aromatic heterocycles. The molecule has 0 radical (unpaired) electrons. The lowest BCUT2D eigenvalue weighted by atomic mass is 10.0. The van der Waals surface area contributed by atoms with Crippen LogP contribution >= 0.6 is 11.3 Å². The minimum absolute atomic E-state index is 0.0341. The van der Waals surface area contributed by atoms with E-state index in [9.17, 15) is 4.79 Å². The van der Waals surface area contributed by atoms with Gasteiger partial charge in [0, 0.05) is 44.2 Å². The molecule has 0 spiro atoms. The van der Waals surface area contributed by atoms with Gasteiger partial charge in [0.1, 0.15) is 0 Å². The van der Waals surface area contributed by atoms with Gasteiger partial charge in [-0.15, -0.1) is 11.3 Å². The van der Waals surface area contributed by atoms with Crippen LogP contribution < -0.4 is 5.32 Å². The molecule has 1 fully saturated rings. The normalized spacial score (nSPS) is 24.2. The third kappa shape index (κ3) is 3.57. The Hall–Kier alpha value is -2.96. The molecule has 4 heterocycles. The van der Waals surface area contributed by atoms with Crippen molar-refractivity contribution in [2.75, 3.05) is 26.2 Å². The lowest BCUT2D eigenvalue weighted by molar-refractivity contribution is -0.122. The number of carbonyl (C=O) groups excluding carboxylic acids is 1. The highest BCUT2D eigenvalue weighted by molar-refractivity contribution is 7.18. The Morgan fingerprint density at radius 2 is 1.93 bits per heavy atom. The predicted molar refractivity (Wildman–Crippen MR) is 118 cm³/mol. The van der Waals surface area contributed by atoms with Crippen LogP contribution in [0.5, 0.6) is 0 Å². The van der Waals surface area contributed by atoms with Crippen LogP contribution in [0.15, 0.2) is 72.2 Å². The first-order valence-corrected chi connectivity index (χ1v) is 10.7. The monoisotopic (exact) mass is 402 g/mol. The fourth-order valence-corrected chi connectivity index (χ4v) is 4.70. The smallest absolute Gasteiger partial charge is 0.255 e. The minimum Gasteiger partial charge on any atom is -0.368 e. The topological polar surface area (TPSA) is 48.5 Å². The summed E-state index contributed by atoms with van der Waals surface area (Å²) in [6.07, 6.45) is 13.8. The second-order valence-corrected chi connectivity index (χ2v) is 8.53. The van der Waals surface area contributed by atoms with Crippen molar-refractivity contribution in [2.24, 2.45) is 0 Å². The summed E-state index contributed by atoms with van der Waals surface area (Å²) in [4.78, 5) is 21.7. The molecule has 5 rings (SSSR count). The number of nitrogens with one attached hydrogen (secondary N) is 1. The molecule has 2 aromatic rings. The molecule has 0 unspecified atom stereocenters. The first-order chi connectivity index (χ1) is 14.2. The molecule has 3 aliphatic rings. The summed E-state index contributed by atoms with van der Waals surface area (Å²) in [6.45, 7) is 5.85. The number of rotatable bonds is 2. The van der Waals surface area contributed by atoms with E-state index < -0.39 is 0 Å². The van der Waals surface area contributed by atoms with Gasteiger partial charge in [0.15, 0.2) is 0 Å². The van der Waals surface area contributed by atoms with E-state index in [2.05, 4.69) is 27.3 Å². The maximum atomic E-state index is 13.1. The van der Waals surface area contributed by atoms with Gasteiger partial charge in [0.2, 0.25) is 0 Å².